The average Bonchev–Trinajstić information content (AvgIpc) is 2.60. The van der Waals surface area contributed by atoms with Crippen molar-refractivity contribution in [1.82, 2.24) is 13.5 Å². The number of amides is 1. The molecular weight excluding hydrogens is 374 g/mol. The third kappa shape index (κ3) is 4.22. The van der Waals surface area contributed by atoms with Crippen molar-refractivity contribution in [1.29, 1.82) is 0 Å². The number of nitrogens with zero attached hydrogens (tertiary/aromatic N) is 3. The van der Waals surface area contributed by atoms with Crippen LogP contribution in [0.4, 0.5) is 0 Å². The van der Waals surface area contributed by atoms with Gasteiger partial charge in [-0.15, -0.1) is 0 Å². The molecule has 2 unspecified atom stereocenters. The van der Waals surface area contributed by atoms with Crippen molar-refractivity contribution in [2.45, 2.75) is 20.3 Å². The quantitative estimate of drug-likeness (QED) is 0.783. The number of piperazine rings is 1. The molecule has 1 aromatic rings. The topological polar surface area (TPSA) is 60.9 Å². The zero-order valence-corrected chi connectivity index (χ0v) is 16.8. The van der Waals surface area contributed by atoms with Gasteiger partial charge in [0.1, 0.15) is 0 Å². The van der Waals surface area contributed by atoms with Crippen molar-refractivity contribution in [3.05, 3.63) is 34.9 Å². The Balaban J connectivity index is 1.63. The first kappa shape index (κ1) is 19.6. The molecule has 0 N–H and O–H groups in total. The number of rotatable bonds is 3. The molecular formula is C18H26ClN3O3S. The molecule has 2 fully saturated rings. The number of piperidine rings is 1. The Morgan fingerprint density at radius 2 is 1.65 bits per heavy atom. The van der Waals surface area contributed by atoms with Crippen LogP contribution in [0.2, 0.25) is 5.02 Å². The van der Waals surface area contributed by atoms with E-state index in [9.17, 15) is 13.2 Å². The van der Waals surface area contributed by atoms with Crippen molar-refractivity contribution < 1.29 is 13.2 Å². The van der Waals surface area contributed by atoms with E-state index in [1.165, 1.54) is 4.31 Å². The van der Waals surface area contributed by atoms with E-state index >= 15 is 0 Å². The van der Waals surface area contributed by atoms with E-state index in [1.807, 2.05) is 0 Å². The Kier molecular flexibility index (Phi) is 5.91. The number of hydrogen-bond acceptors (Lipinski definition) is 3. The zero-order chi connectivity index (χ0) is 18.9. The first-order valence-electron chi connectivity index (χ1n) is 9.07. The summed E-state index contributed by atoms with van der Waals surface area (Å²) in [5.74, 6) is 0.642. The Labute approximate surface area is 160 Å². The third-order valence-electron chi connectivity index (χ3n) is 5.09. The molecule has 0 aliphatic carbocycles. The number of hydrogen-bond donors (Lipinski definition) is 0. The van der Waals surface area contributed by atoms with Gasteiger partial charge in [0.2, 0.25) is 0 Å². The predicted molar refractivity (Wildman–Crippen MR) is 102 cm³/mol. The highest BCUT2D eigenvalue weighted by Crippen LogP contribution is 2.25. The zero-order valence-electron chi connectivity index (χ0n) is 15.3. The predicted octanol–water partition coefficient (Wildman–Crippen LogP) is 2.32. The fourth-order valence-electron chi connectivity index (χ4n) is 3.88. The fourth-order valence-corrected chi connectivity index (χ4v) is 5.91. The molecule has 1 amide bonds. The largest absolute Gasteiger partial charge is 0.336 e. The van der Waals surface area contributed by atoms with Crippen molar-refractivity contribution in [2.75, 3.05) is 39.3 Å². The second-order valence-corrected chi connectivity index (χ2v) is 9.84. The van der Waals surface area contributed by atoms with Crippen LogP contribution >= 0.6 is 11.6 Å². The highest BCUT2D eigenvalue weighted by molar-refractivity contribution is 7.86. The average molecular weight is 400 g/mol. The van der Waals surface area contributed by atoms with Crippen LogP contribution in [-0.2, 0) is 10.2 Å². The van der Waals surface area contributed by atoms with Crippen molar-refractivity contribution in [3.63, 3.8) is 0 Å². The minimum absolute atomic E-state index is 0.107. The highest BCUT2D eigenvalue weighted by atomic mass is 35.5. The van der Waals surface area contributed by atoms with Crippen LogP contribution in [0.5, 0.6) is 0 Å². The van der Waals surface area contributed by atoms with Gasteiger partial charge in [0.15, 0.2) is 0 Å². The van der Waals surface area contributed by atoms with Gasteiger partial charge in [0, 0.05) is 49.9 Å². The second-order valence-electron chi connectivity index (χ2n) is 7.47. The van der Waals surface area contributed by atoms with E-state index in [2.05, 4.69) is 13.8 Å². The summed E-state index contributed by atoms with van der Waals surface area (Å²) in [4.78, 5) is 14.3. The molecule has 6 nitrogen and oxygen atoms in total. The summed E-state index contributed by atoms with van der Waals surface area (Å²) in [5.41, 5.74) is 0.535. The molecule has 2 aliphatic rings. The summed E-state index contributed by atoms with van der Waals surface area (Å²) < 4.78 is 29.0. The van der Waals surface area contributed by atoms with Crippen LogP contribution in [0.15, 0.2) is 24.3 Å². The smallest absolute Gasteiger partial charge is 0.282 e. The maximum absolute atomic E-state index is 13.0. The normalized spacial score (nSPS) is 26.0. The summed E-state index contributed by atoms with van der Waals surface area (Å²) in [7, 11) is -3.46. The van der Waals surface area contributed by atoms with Crippen LogP contribution in [-0.4, -0.2) is 67.1 Å². The van der Waals surface area contributed by atoms with Gasteiger partial charge < -0.3 is 4.90 Å². The Morgan fingerprint density at radius 3 is 2.23 bits per heavy atom. The SMILES string of the molecule is CC1CC(C)CN(S(=O)(=O)N2CCN(C(=O)c3cccc(Cl)c3)CC2)C1. The lowest BCUT2D eigenvalue weighted by Gasteiger charge is -2.40. The second kappa shape index (κ2) is 7.84. The molecule has 144 valence electrons. The molecule has 1 aromatic carbocycles. The van der Waals surface area contributed by atoms with Gasteiger partial charge in [-0.05, 0) is 36.5 Å². The van der Waals surface area contributed by atoms with Crippen molar-refractivity contribution in [3.8, 4) is 0 Å². The Bertz CT molecular complexity index is 753. The minimum atomic E-state index is -3.46. The number of carbonyl (C=O) groups excluding carboxylic acids is 1. The Morgan fingerprint density at radius 1 is 1.04 bits per heavy atom. The van der Waals surface area contributed by atoms with Crippen molar-refractivity contribution >= 4 is 27.7 Å². The highest BCUT2D eigenvalue weighted by Gasteiger charge is 2.36. The van der Waals surface area contributed by atoms with Crippen LogP contribution < -0.4 is 0 Å². The number of halogens is 1. The number of benzene rings is 1. The van der Waals surface area contributed by atoms with Crippen LogP contribution in [0.3, 0.4) is 0 Å². The summed E-state index contributed by atoms with van der Waals surface area (Å²) in [5, 5.41) is 0.519. The lowest BCUT2D eigenvalue weighted by molar-refractivity contribution is 0.0691. The summed E-state index contributed by atoms with van der Waals surface area (Å²) in [6.45, 7) is 6.79. The van der Waals surface area contributed by atoms with Crippen LogP contribution in [0, 0.1) is 11.8 Å². The molecule has 0 saturated carbocycles. The van der Waals surface area contributed by atoms with Crippen molar-refractivity contribution in [2.24, 2.45) is 11.8 Å². The van der Waals surface area contributed by atoms with Crippen LogP contribution in [0.1, 0.15) is 30.6 Å². The third-order valence-corrected chi connectivity index (χ3v) is 7.29. The summed E-state index contributed by atoms with van der Waals surface area (Å²) >= 11 is 5.96. The minimum Gasteiger partial charge on any atom is -0.336 e. The van der Waals surface area contributed by atoms with E-state index < -0.39 is 10.2 Å². The maximum Gasteiger partial charge on any atom is 0.282 e. The van der Waals surface area contributed by atoms with E-state index in [4.69, 9.17) is 11.6 Å². The van der Waals surface area contributed by atoms with Gasteiger partial charge in [-0.2, -0.15) is 17.0 Å². The summed E-state index contributed by atoms with van der Waals surface area (Å²) in [6, 6.07) is 6.84. The maximum atomic E-state index is 13.0. The molecule has 0 radical (unpaired) electrons. The number of carbonyl (C=O) groups is 1. The fraction of sp³-hybridized carbons (Fsp3) is 0.611. The molecule has 2 saturated heterocycles. The first-order valence-corrected chi connectivity index (χ1v) is 10.8. The lowest BCUT2D eigenvalue weighted by Crippen LogP contribution is -2.56. The molecule has 0 bridgehead atoms. The standard InChI is InChI=1S/C18H26ClN3O3S/c1-14-10-15(2)13-22(12-14)26(24,25)21-8-6-20(7-9-21)18(23)16-4-3-5-17(19)11-16/h3-5,11,14-15H,6-10,12-13H2,1-2H3. The molecule has 8 heteroatoms. The summed E-state index contributed by atoms with van der Waals surface area (Å²) in [6.07, 6.45) is 1.06. The molecule has 0 spiro atoms. The molecule has 26 heavy (non-hydrogen) atoms. The first-order chi connectivity index (χ1) is 12.3. The molecule has 2 aliphatic heterocycles. The molecule has 3 rings (SSSR count). The molecule has 2 heterocycles. The van der Waals surface area contributed by atoms with Gasteiger partial charge in [-0.1, -0.05) is 31.5 Å². The van der Waals surface area contributed by atoms with Gasteiger partial charge in [0.25, 0.3) is 16.1 Å². The van der Waals surface area contributed by atoms with Crippen LogP contribution in [0.25, 0.3) is 0 Å². The molecule has 0 aromatic heterocycles. The molecule has 2 atom stereocenters. The van der Waals surface area contributed by atoms with E-state index in [-0.39, 0.29) is 5.91 Å². The van der Waals surface area contributed by atoms with Gasteiger partial charge in [0.05, 0.1) is 0 Å². The lowest BCUT2D eigenvalue weighted by atomic mass is 9.94. The van der Waals surface area contributed by atoms with E-state index in [1.54, 1.807) is 33.5 Å². The monoisotopic (exact) mass is 399 g/mol. The Hall–Kier alpha value is -1.15. The van der Waals surface area contributed by atoms with E-state index in [0.717, 1.165) is 6.42 Å². The van der Waals surface area contributed by atoms with Gasteiger partial charge in [-0.3, -0.25) is 4.79 Å². The van der Waals surface area contributed by atoms with E-state index in [0.29, 0.717) is 61.7 Å². The van der Waals surface area contributed by atoms with Gasteiger partial charge >= 0.3 is 0 Å². The van der Waals surface area contributed by atoms with Gasteiger partial charge in [-0.25, -0.2) is 0 Å².